The molecule has 202 valence electrons. The molecule has 0 radical (unpaired) electrons. The van der Waals surface area contributed by atoms with Crippen molar-refractivity contribution in [2.45, 2.75) is 88.8 Å². The van der Waals surface area contributed by atoms with Crippen LogP contribution in [-0.2, 0) is 19.8 Å². The largest absolute Gasteiger partial charge is 0.458 e. The molecule has 8 heteroatoms. The molecular weight excluding hydrogens is 470 g/mol. The molecule has 0 unspecified atom stereocenters. The SMILES string of the molecule is CC(=O)OC(C)(C)CN1CC2(CCC(c3ccccc3)(N(C)C)CC2)N(COCC[Si](C)(C)C)C1=O. The predicted octanol–water partition coefficient (Wildman–Crippen LogP) is 5.15. The fourth-order valence-corrected chi connectivity index (χ4v) is 6.67. The second kappa shape index (κ2) is 10.8. The summed E-state index contributed by atoms with van der Waals surface area (Å²) in [6.07, 6.45) is 3.72. The maximum absolute atomic E-state index is 13.7. The van der Waals surface area contributed by atoms with Crippen LogP contribution in [0.5, 0.6) is 0 Å². The van der Waals surface area contributed by atoms with Gasteiger partial charge in [0, 0.05) is 33.7 Å². The number of esters is 1. The molecule has 1 saturated heterocycles. The second-order valence-corrected chi connectivity index (χ2v) is 18.4. The van der Waals surface area contributed by atoms with Crippen molar-refractivity contribution in [3.63, 3.8) is 0 Å². The Balaban J connectivity index is 1.82. The Morgan fingerprint density at radius 2 is 1.69 bits per heavy atom. The third-order valence-electron chi connectivity index (χ3n) is 7.94. The van der Waals surface area contributed by atoms with Gasteiger partial charge in [-0.15, -0.1) is 0 Å². The highest BCUT2D eigenvalue weighted by atomic mass is 28.3. The number of rotatable bonds is 10. The molecule has 2 fully saturated rings. The van der Waals surface area contributed by atoms with Gasteiger partial charge in [0.05, 0.1) is 12.1 Å². The first kappa shape index (κ1) is 28.7. The lowest BCUT2D eigenvalue weighted by Crippen LogP contribution is -2.55. The first-order chi connectivity index (χ1) is 16.7. The predicted molar refractivity (Wildman–Crippen MR) is 147 cm³/mol. The van der Waals surface area contributed by atoms with E-state index in [9.17, 15) is 9.59 Å². The summed E-state index contributed by atoms with van der Waals surface area (Å²) in [7, 11) is 3.10. The standard InChI is InChI=1S/C28H47N3O4Si/c1-23(32)35-26(2,3)20-30-21-27(31(25(30)33)22-34-18-19-36(6,7)8)14-16-28(17-15-27,29(4)5)24-12-10-9-11-13-24/h9-13H,14-22H2,1-8H3. The Morgan fingerprint density at radius 3 is 2.22 bits per heavy atom. The molecule has 1 aliphatic carbocycles. The molecule has 2 amide bonds. The highest BCUT2D eigenvalue weighted by Gasteiger charge is 2.55. The van der Waals surface area contributed by atoms with E-state index in [4.69, 9.17) is 9.47 Å². The van der Waals surface area contributed by atoms with Gasteiger partial charge in [0.15, 0.2) is 0 Å². The maximum atomic E-state index is 13.7. The number of ether oxygens (including phenoxy) is 2. The van der Waals surface area contributed by atoms with Crippen molar-refractivity contribution in [2.24, 2.45) is 0 Å². The van der Waals surface area contributed by atoms with Crippen molar-refractivity contribution >= 4 is 20.1 Å². The summed E-state index contributed by atoms with van der Waals surface area (Å²) >= 11 is 0. The summed E-state index contributed by atoms with van der Waals surface area (Å²) in [5.41, 5.74) is 0.255. The van der Waals surface area contributed by atoms with Crippen LogP contribution in [0.15, 0.2) is 30.3 Å². The van der Waals surface area contributed by atoms with Crippen LogP contribution in [0.25, 0.3) is 0 Å². The quantitative estimate of drug-likeness (QED) is 0.244. The molecule has 0 atom stereocenters. The molecule has 0 bridgehead atoms. The van der Waals surface area contributed by atoms with Gasteiger partial charge in [-0.2, -0.15) is 0 Å². The van der Waals surface area contributed by atoms with Crippen LogP contribution in [-0.4, -0.2) is 86.4 Å². The van der Waals surface area contributed by atoms with Crippen LogP contribution in [0.1, 0.15) is 52.0 Å². The molecule has 1 spiro atoms. The Morgan fingerprint density at radius 1 is 1.08 bits per heavy atom. The number of benzene rings is 1. The monoisotopic (exact) mass is 517 g/mol. The maximum Gasteiger partial charge on any atom is 0.322 e. The molecule has 2 aliphatic rings. The van der Waals surface area contributed by atoms with E-state index in [0.29, 0.717) is 26.4 Å². The molecular formula is C28H47N3O4Si. The van der Waals surface area contributed by atoms with Gasteiger partial charge in [-0.25, -0.2) is 4.79 Å². The van der Waals surface area contributed by atoms with Crippen LogP contribution in [0.4, 0.5) is 4.79 Å². The molecule has 1 heterocycles. The Kier molecular flexibility index (Phi) is 8.63. The van der Waals surface area contributed by atoms with Crippen molar-refractivity contribution in [2.75, 3.05) is 40.5 Å². The van der Waals surface area contributed by atoms with Crippen LogP contribution < -0.4 is 0 Å². The first-order valence-electron chi connectivity index (χ1n) is 13.3. The van der Waals surface area contributed by atoms with E-state index in [1.807, 2.05) is 23.6 Å². The summed E-state index contributed by atoms with van der Waals surface area (Å²) in [6, 6.07) is 11.8. The fourth-order valence-electron chi connectivity index (χ4n) is 5.91. The van der Waals surface area contributed by atoms with E-state index in [-0.39, 0.29) is 23.1 Å². The molecule has 1 aliphatic heterocycles. The number of amides is 2. The molecule has 0 aromatic heterocycles. The molecule has 1 saturated carbocycles. The van der Waals surface area contributed by atoms with Gasteiger partial charge in [-0.3, -0.25) is 14.6 Å². The van der Waals surface area contributed by atoms with Gasteiger partial charge in [0.25, 0.3) is 0 Å². The average molecular weight is 518 g/mol. The lowest BCUT2D eigenvalue weighted by atomic mass is 9.68. The minimum Gasteiger partial charge on any atom is -0.458 e. The fraction of sp³-hybridized carbons (Fsp3) is 0.714. The topological polar surface area (TPSA) is 62.3 Å². The lowest BCUT2D eigenvalue weighted by molar-refractivity contribution is -0.154. The third kappa shape index (κ3) is 6.50. The molecule has 7 nitrogen and oxygen atoms in total. The van der Waals surface area contributed by atoms with Crippen LogP contribution in [0.3, 0.4) is 0 Å². The highest BCUT2D eigenvalue weighted by molar-refractivity contribution is 6.76. The summed E-state index contributed by atoms with van der Waals surface area (Å²) in [5, 5.41) is 0. The van der Waals surface area contributed by atoms with E-state index >= 15 is 0 Å². The van der Waals surface area contributed by atoms with E-state index in [1.54, 1.807) is 0 Å². The van der Waals surface area contributed by atoms with Gasteiger partial charge in [0.1, 0.15) is 12.3 Å². The summed E-state index contributed by atoms with van der Waals surface area (Å²) in [5.74, 6) is -0.329. The zero-order valence-corrected chi connectivity index (χ0v) is 24.7. The van der Waals surface area contributed by atoms with E-state index < -0.39 is 13.7 Å². The van der Waals surface area contributed by atoms with Crippen LogP contribution in [0, 0.1) is 0 Å². The third-order valence-corrected chi connectivity index (χ3v) is 9.65. The van der Waals surface area contributed by atoms with Gasteiger partial charge < -0.3 is 14.4 Å². The Labute approximate surface area is 219 Å². The number of carbonyl (C=O) groups excluding carboxylic acids is 2. The first-order valence-corrected chi connectivity index (χ1v) is 17.0. The van der Waals surface area contributed by atoms with Crippen LogP contribution in [0.2, 0.25) is 25.7 Å². The number of nitrogens with zero attached hydrogens (tertiary/aromatic N) is 3. The Bertz CT molecular complexity index is 905. The van der Waals surface area contributed by atoms with Gasteiger partial charge in [-0.05, 0) is 65.2 Å². The zero-order valence-electron chi connectivity index (χ0n) is 23.7. The number of hydrogen-bond acceptors (Lipinski definition) is 5. The minimum atomic E-state index is -1.22. The molecule has 3 rings (SSSR count). The van der Waals surface area contributed by atoms with Crippen molar-refractivity contribution in [3.05, 3.63) is 35.9 Å². The number of urea groups is 1. The number of carbonyl (C=O) groups is 2. The van der Waals surface area contributed by atoms with E-state index in [1.165, 1.54) is 12.5 Å². The van der Waals surface area contributed by atoms with Gasteiger partial charge >= 0.3 is 12.0 Å². The van der Waals surface area contributed by atoms with Gasteiger partial charge in [-0.1, -0.05) is 50.0 Å². The van der Waals surface area contributed by atoms with E-state index in [2.05, 4.69) is 69.0 Å². The molecule has 36 heavy (non-hydrogen) atoms. The van der Waals surface area contributed by atoms with Crippen molar-refractivity contribution in [1.82, 2.24) is 14.7 Å². The van der Waals surface area contributed by atoms with Crippen molar-refractivity contribution in [1.29, 1.82) is 0 Å². The zero-order chi connectivity index (χ0) is 26.8. The molecule has 0 N–H and O–H groups in total. The average Bonchev–Trinajstić information content (AvgIpc) is 3.00. The minimum absolute atomic E-state index is 0.0136. The number of hydrogen-bond donors (Lipinski definition) is 0. The lowest BCUT2D eigenvalue weighted by Gasteiger charge is -2.50. The summed E-state index contributed by atoms with van der Waals surface area (Å²) in [6.45, 7) is 14.2. The van der Waals surface area contributed by atoms with Gasteiger partial charge in [0.2, 0.25) is 0 Å². The smallest absolute Gasteiger partial charge is 0.322 e. The Hall–Kier alpha value is -1.90. The van der Waals surface area contributed by atoms with Crippen molar-refractivity contribution in [3.8, 4) is 0 Å². The molecule has 1 aromatic carbocycles. The second-order valence-electron chi connectivity index (χ2n) is 12.8. The summed E-state index contributed by atoms with van der Waals surface area (Å²) in [4.78, 5) is 31.6. The van der Waals surface area contributed by atoms with Crippen LogP contribution >= 0.6 is 0 Å². The van der Waals surface area contributed by atoms with Crippen molar-refractivity contribution < 1.29 is 19.1 Å². The molecule has 1 aromatic rings. The highest BCUT2D eigenvalue weighted by Crippen LogP contribution is 2.49. The normalized spacial score (nSPS) is 25.2. The summed E-state index contributed by atoms with van der Waals surface area (Å²) < 4.78 is 11.7. The van der Waals surface area contributed by atoms with E-state index in [0.717, 1.165) is 31.7 Å².